The van der Waals surface area contributed by atoms with Crippen LogP contribution in [0.2, 0.25) is 0 Å². The first kappa shape index (κ1) is 13.2. The first-order valence-corrected chi connectivity index (χ1v) is 5.45. The Balaban J connectivity index is 2.95. The van der Waals surface area contributed by atoms with Crippen molar-refractivity contribution in [2.75, 3.05) is 0 Å². The lowest BCUT2D eigenvalue weighted by Crippen LogP contribution is -2.39. The van der Waals surface area contributed by atoms with E-state index in [1.807, 2.05) is 13.8 Å². The minimum Gasteiger partial charge on any atom is -0.458 e. The Hall–Kier alpha value is -0.870. The highest BCUT2D eigenvalue weighted by Crippen LogP contribution is 2.35. The van der Waals surface area contributed by atoms with Crippen molar-refractivity contribution in [2.45, 2.75) is 52.4 Å². The van der Waals surface area contributed by atoms with Gasteiger partial charge >= 0.3 is 5.97 Å². The number of rotatable bonds is 1. The maximum Gasteiger partial charge on any atom is 0.303 e. The van der Waals surface area contributed by atoms with Crippen molar-refractivity contribution in [1.82, 2.24) is 0 Å². The molecule has 1 aliphatic carbocycles. The third-order valence-electron chi connectivity index (χ3n) is 3.09. The number of aliphatic hydroxyl groups is 2. The number of carbonyl (C=O) groups is 1. The first-order chi connectivity index (χ1) is 7.24. The lowest BCUT2D eigenvalue weighted by atomic mass is 9.80. The molecule has 0 fully saturated rings. The molecule has 4 nitrogen and oxygen atoms in total. The van der Waals surface area contributed by atoms with Crippen molar-refractivity contribution in [3.8, 4) is 0 Å². The topological polar surface area (TPSA) is 66.8 Å². The van der Waals surface area contributed by atoms with Crippen LogP contribution in [0.1, 0.15) is 34.1 Å². The highest BCUT2D eigenvalue weighted by molar-refractivity contribution is 5.66. The van der Waals surface area contributed by atoms with Gasteiger partial charge < -0.3 is 14.9 Å². The van der Waals surface area contributed by atoms with E-state index in [0.29, 0.717) is 6.42 Å². The smallest absolute Gasteiger partial charge is 0.303 e. The molecule has 0 aromatic carbocycles. The number of hydrogen-bond acceptors (Lipinski definition) is 4. The Kier molecular flexibility index (Phi) is 3.76. The Bertz CT molecular complexity index is 306. The van der Waals surface area contributed by atoms with Crippen LogP contribution in [-0.4, -0.2) is 34.5 Å². The van der Waals surface area contributed by atoms with Crippen molar-refractivity contribution in [3.63, 3.8) is 0 Å². The number of carbonyl (C=O) groups excluding carboxylic acids is 1. The molecule has 3 unspecified atom stereocenters. The highest BCUT2D eigenvalue weighted by atomic mass is 16.5. The van der Waals surface area contributed by atoms with Crippen LogP contribution in [0.4, 0.5) is 0 Å². The Labute approximate surface area is 95.9 Å². The molecule has 92 valence electrons. The van der Waals surface area contributed by atoms with Gasteiger partial charge in [0.05, 0.1) is 12.2 Å². The Morgan fingerprint density at radius 3 is 2.56 bits per heavy atom. The molecule has 0 bridgehead atoms. The molecule has 2 N–H and O–H groups in total. The van der Waals surface area contributed by atoms with Gasteiger partial charge in [-0.2, -0.15) is 0 Å². The van der Waals surface area contributed by atoms with Gasteiger partial charge in [-0.25, -0.2) is 0 Å². The molecule has 0 aliphatic heterocycles. The average Bonchev–Trinajstić information content (AvgIpc) is 2.18. The summed E-state index contributed by atoms with van der Waals surface area (Å²) < 4.78 is 5.19. The quantitative estimate of drug-likeness (QED) is 0.519. The summed E-state index contributed by atoms with van der Waals surface area (Å²) in [6.07, 6.45) is -0.0435. The highest BCUT2D eigenvalue weighted by Gasteiger charge is 2.39. The molecule has 3 atom stereocenters. The molecule has 0 radical (unpaired) electrons. The lowest BCUT2D eigenvalue weighted by Gasteiger charge is -2.32. The second-order valence-corrected chi connectivity index (χ2v) is 5.14. The zero-order valence-corrected chi connectivity index (χ0v) is 10.2. The SMILES string of the molecule is CC(=O)OC1CC(C)(C)C(O)C(O)C=C1C. The van der Waals surface area contributed by atoms with Crippen molar-refractivity contribution >= 4 is 5.97 Å². The van der Waals surface area contributed by atoms with Crippen LogP contribution in [0.15, 0.2) is 11.6 Å². The summed E-state index contributed by atoms with van der Waals surface area (Å²) in [5.41, 5.74) is 0.292. The normalized spacial score (nSPS) is 33.9. The molecule has 16 heavy (non-hydrogen) atoms. The number of aliphatic hydroxyl groups excluding tert-OH is 2. The average molecular weight is 228 g/mol. The van der Waals surface area contributed by atoms with Gasteiger partial charge in [0.25, 0.3) is 0 Å². The van der Waals surface area contributed by atoms with E-state index in [2.05, 4.69) is 0 Å². The molecule has 0 heterocycles. The molecule has 0 spiro atoms. The number of hydrogen-bond donors (Lipinski definition) is 2. The molecule has 0 saturated carbocycles. The zero-order valence-electron chi connectivity index (χ0n) is 10.2. The van der Waals surface area contributed by atoms with Crippen molar-refractivity contribution in [1.29, 1.82) is 0 Å². The van der Waals surface area contributed by atoms with Gasteiger partial charge in [0.1, 0.15) is 6.10 Å². The molecule has 1 aliphatic rings. The summed E-state index contributed by atoms with van der Waals surface area (Å²) in [6.45, 7) is 6.86. The molecule has 4 heteroatoms. The summed E-state index contributed by atoms with van der Waals surface area (Å²) in [7, 11) is 0. The van der Waals surface area contributed by atoms with Crippen LogP contribution < -0.4 is 0 Å². The third-order valence-corrected chi connectivity index (χ3v) is 3.09. The zero-order chi connectivity index (χ0) is 12.5. The van der Waals surface area contributed by atoms with Crippen LogP contribution in [0.5, 0.6) is 0 Å². The van der Waals surface area contributed by atoms with Gasteiger partial charge in [0.15, 0.2) is 0 Å². The lowest BCUT2D eigenvalue weighted by molar-refractivity contribution is -0.146. The fourth-order valence-corrected chi connectivity index (χ4v) is 2.02. The van der Waals surface area contributed by atoms with Gasteiger partial charge in [0.2, 0.25) is 0 Å². The van der Waals surface area contributed by atoms with Crippen molar-refractivity contribution in [2.24, 2.45) is 5.41 Å². The molecule has 0 aromatic heterocycles. The fourth-order valence-electron chi connectivity index (χ4n) is 2.02. The van der Waals surface area contributed by atoms with Crippen molar-refractivity contribution in [3.05, 3.63) is 11.6 Å². The first-order valence-electron chi connectivity index (χ1n) is 5.45. The van der Waals surface area contributed by atoms with E-state index < -0.39 is 17.6 Å². The van der Waals surface area contributed by atoms with E-state index >= 15 is 0 Å². The second-order valence-electron chi connectivity index (χ2n) is 5.14. The van der Waals surface area contributed by atoms with Crippen LogP contribution in [0.3, 0.4) is 0 Å². The maximum absolute atomic E-state index is 11.0. The van der Waals surface area contributed by atoms with E-state index in [-0.39, 0.29) is 12.1 Å². The van der Waals surface area contributed by atoms with Crippen LogP contribution in [0, 0.1) is 5.41 Å². The van der Waals surface area contributed by atoms with Gasteiger partial charge in [-0.1, -0.05) is 19.9 Å². The Morgan fingerprint density at radius 2 is 2.06 bits per heavy atom. The summed E-state index contributed by atoms with van der Waals surface area (Å²) in [5.74, 6) is -0.348. The molecular formula is C12H20O4. The molecule has 1 rings (SSSR count). The Morgan fingerprint density at radius 1 is 1.50 bits per heavy atom. The minimum absolute atomic E-state index is 0.348. The molecule has 0 saturated heterocycles. The van der Waals surface area contributed by atoms with Gasteiger partial charge in [0, 0.05) is 6.92 Å². The largest absolute Gasteiger partial charge is 0.458 e. The van der Waals surface area contributed by atoms with E-state index in [9.17, 15) is 15.0 Å². The fraction of sp³-hybridized carbons (Fsp3) is 0.750. The molecular weight excluding hydrogens is 208 g/mol. The van der Waals surface area contributed by atoms with E-state index in [1.165, 1.54) is 6.92 Å². The summed E-state index contributed by atoms with van der Waals surface area (Å²) in [6, 6.07) is 0. The van der Waals surface area contributed by atoms with Crippen molar-refractivity contribution < 1.29 is 19.7 Å². The predicted molar refractivity (Wildman–Crippen MR) is 59.7 cm³/mol. The van der Waals surface area contributed by atoms with Gasteiger partial charge in [-0.05, 0) is 24.3 Å². The molecule has 0 amide bonds. The second kappa shape index (κ2) is 4.55. The van der Waals surface area contributed by atoms with E-state index in [4.69, 9.17) is 4.74 Å². The van der Waals surface area contributed by atoms with E-state index in [1.54, 1.807) is 13.0 Å². The van der Waals surface area contributed by atoms with Gasteiger partial charge in [-0.3, -0.25) is 4.79 Å². The van der Waals surface area contributed by atoms with Gasteiger partial charge in [-0.15, -0.1) is 0 Å². The molecule has 0 aromatic rings. The van der Waals surface area contributed by atoms with Crippen LogP contribution in [-0.2, 0) is 9.53 Å². The minimum atomic E-state index is -0.907. The standard InChI is InChI=1S/C12H20O4/c1-7-5-9(14)11(15)12(3,4)6-10(7)16-8(2)13/h5,9-11,14-15H,6H2,1-4H3. The third kappa shape index (κ3) is 2.83. The van der Waals surface area contributed by atoms with E-state index in [0.717, 1.165) is 5.57 Å². The summed E-state index contributed by atoms with van der Waals surface area (Å²) in [4.78, 5) is 11.0. The number of esters is 1. The summed E-state index contributed by atoms with van der Waals surface area (Å²) >= 11 is 0. The van der Waals surface area contributed by atoms with Crippen LogP contribution >= 0.6 is 0 Å². The van der Waals surface area contributed by atoms with Crippen LogP contribution in [0.25, 0.3) is 0 Å². The predicted octanol–water partition coefficient (Wildman–Crippen LogP) is 1.02. The summed E-state index contributed by atoms with van der Waals surface area (Å²) in [5, 5.41) is 19.7. The number of ether oxygens (including phenoxy) is 1. The monoisotopic (exact) mass is 228 g/mol. The maximum atomic E-state index is 11.0.